The highest BCUT2D eigenvalue weighted by Gasteiger charge is 1.94. The van der Waals surface area contributed by atoms with E-state index in [1.165, 1.54) is 0 Å². The molecule has 3 heteroatoms. The summed E-state index contributed by atoms with van der Waals surface area (Å²) < 4.78 is 11.3. The average molecular weight is 122 g/mol. The minimum Gasteiger partial charge on any atom is -0.368 e. The summed E-state index contributed by atoms with van der Waals surface area (Å²) in [5.41, 5.74) is 0. The lowest BCUT2D eigenvalue weighted by Crippen LogP contribution is -2.02. The molecule has 0 atom stereocenters. The second-order valence-corrected chi connectivity index (χ2v) is 1.67. The molecule has 0 saturated heterocycles. The lowest BCUT2D eigenvalue weighted by Gasteiger charge is -1.98. The Bertz CT molecular complexity index is 47.7. The molecule has 2 nitrogen and oxygen atoms in total. The quantitative estimate of drug-likeness (QED) is 0.419. The van der Waals surface area contributed by atoms with Crippen LogP contribution < -0.4 is 0 Å². The van der Waals surface area contributed by atoms with Crippen LogP contribution in [0, 0.1) is 0 Å². The van der Waals surface area contributed by atoms with Crippen LogP contribution in [0.4, 0.5) is 4.39 Å². The van der Waals surface area contributed by atoms with Gasteiger partial charge in [0.2, 0.25) is 0 Å². The molecule has 0 aliphatic heterocycles. The van der Waals surface area contributed by atoms with Crippen LogP contribution in [0.1, 0.15) is 19.3 Å². The van der Waals surface area contributed by atoms with E-state index in [4.69, 9.17) is 10.2 Å². The second kappa shape index (κ2) is 5.00. The van der Waals surface area contributed by atoms with E-state index in [1.807, 2.05) is 0 Å². The molecule has 50 valence electrons. The van der Waals surface area contributed by atoms with Crippen molar-refractivity contribution >= 4 is 0 Å². The molecule has 0 bridgehead atoms. The van der Waals surface area contributed by atoms with E-state index in [0.29, 0.717) is 12.8 Å². The average Bonchev–Trinajstić information content (AvgIpc) is 1.66. The van der Waals surface area contributed by atoms with E-state index in [0.717, 1.165) is 0 Å². The third kappa shape index (κ3) is 5.85. The highest BCUT2D eigenvalue weighted by atomic mass is 19.1. The fraction of sp³-hybridized carbons (Fsp3) is 1.00. The number of hydrogen-bond acceptors (Lipinski definition) is 2. The Labute approximate surface area is 48.0 Å². The summed E-state index contributed by atoms with van der Waals surface area (Å²) in [5, 5.41) is 16.4. The summed E-state index contributed by atoms with van der Waals surface area (Å²) in [6.07, 6.45) is -0.00282. The maximum Gasteiger partial charge on any atom is 0.151 e. The Balaban J connectivity index is 2.72. The summed E-state index contributed by atoms with van der Waals surface area (Å²) in [6, 6.07) is 0. The normalized spacial score (nSPS) is 10.5. The molecule has 0 radical (unpaired) electrons. The zero-order chi connectivity index (χ0) is 6.41. The third-order valence-electron chi connectivity index (χ3n) is 0.846. The molecule has 0 unspecified atom stereocenters. The minimum absolute atomic E-state index is 0.282. The standard InChI is InChI=1S/C5H11FO2/c6-4-2-1-3-5(7)8/h5,7-8H,1-4H2. The van der Waals surface area contributed by atoms with E-state index in [1.54, 1.807) is 0 Å². The lowest BCUT2D eigenvalue weighted by atomic mass is 10.2. The molecular formula is C5H11FO2. The van der Waals surface area contributed by atoms with Gasteiger partial charge in [0.25, 0.3) is 0 Å². The first-order chi connectivity index (χ1) is 3.77. The number of hydrogen-bond donors (Lipinski definition) is 2. The summed E-state index contributed by atoms with van der Waals surface area (Å²) in [7, 11) is 0. The fourth-order valence-corrected chi connectivity index (χ4v) is 0.421. The maximum absolute atomic E-state index is 11.3. The maximum atomic E-state index is 11.3. The molecule has 0 rings (SSSR count). The zero-order valence-electron chi connectivity index (χ0n) is 4.68. The molecule has 0 aliphatic rings. The van der Waals surface area contributed by atoms with Crippen molar-refractivity contribution in [2.24, 2.45) is 0 Å². The highest BCUT2D eigenvalue weighted by Crippen LogP contribution is 1.97. The van der Waals surface area contributed by atoms with Crippen LogP contribution in [0.25, 0.3) is 0 Å². The topological polar surface area (TPSA) is 40.5 Å². The first kappa shape index (κ1) is 7.85. The molecule has 2 N–H and O–H groups in total. The molecule has 0 aliphatic carbocycles. The first-order valence-electron chi connectivity index (χ1n) is 2.69. The van der Waals surface area contributed by atoms with E-state index in [9.17, 15) is 4.39 Å². The highest BCUT2D eigenvalue weighted by molar-refractivity contribution is 4.40. The van der Waals surface area contributed by atoms with Crippen molar-refractivity contribution in [2.45, 2.75) is 25.6 Å². The van der Waals surface area contributed by atoms with Crippen molar-refractivity contribution in [3.8, 4) is 0 Å². The van der Waals surface area contributed by atoms with Gasteiger partial charge in [-0.2, -0.15) is 0 Å². The van der Waals surface area contributed by atoms with Gasteiger partial charge in [-0.25, -0.2) is 0 Å². The summed E-state index contributed by atoms with van der Waals surface area (Å²) in [6.45, 7) is -0.368. The molecule has 0 amide bonds. The Hall–Kier alpha value is -0.150. The van der Waals surface area contributed by atoms with Crippen LogP contribution in [0.15, 0.2) is 0 Å². The molecule has 0 aromatic rings. The Morgan fingerprint density at radius 2 is 1.88 bits per heavy atom. The minimum atomic E-state index is -1.26. The van der Waals surface area contributed by atoms with Crippen LogP contribution >= 0.6 is 0 Å². The largest absolute Gasteiger partial charge is 0.368 e. The molecule has 0 fully saturated rings. The Kier molecular flexibility index (Phi) is 4.90. The van der Waals surface area contributed by atoms with Gasteiger partial charge < -0.3 is 10.2 Å². The van der Waals surface area contributed by atoms with Crippen LogP contribution in [0.5, 0.6) is 0 Å². The molecule has 0 heterocycles. The zero-order valence-corrected chi connectivity index (χ0v) is 4.68. The molecule has 0 aromatic carbocycles. The van der Waals surface area contributed by atoms with Crippen molar-refractivity contribution in [3.05, 3.63) is 0 Å². The van der Waals surface area contributed by atoms with Crippen LogP contribution in [-0.2, 0) is 0 Å². The predicted molar refractivity (Wildman–Crippen MR) is 28.1 cm³/mol. The van der Waals surface area contributed by atoms with E-state index >= 15 is 0 Å². The molecule has 8 heavy (non-hydrogen) atoms. The molecule has 0 aromatic heterocycles. The molecule has 0 saturated carbocycles. The Morgan fingerprint density at radius 3 is 2.25 bits per heavy atom. The number of aliphatic hydroxyl groups is 2. The van der Waals surface area contributed by atoms with Crippen LogP contribution in [0.2, 0.25) is 0 Å². The summed E-state index contributed by atoms with van der Waals surface area (Å²) in [5.74, 6) is 0. The summed E-state index contributed by atoms with van der Waals surface area (Å²) >= 11 is 0. The fourth-order valence-electron chi connectivity index (χ4n) is 0.421. The van der Waals surface area contributed by atoms with E-state index in [-0.39, 0.29) is 13.1 Å². The monoisotopic (exact) mass is 122 g/mol. The van der Waals surface area contributed by atoms with Gasteiger partial charge in [-0.3, -0.25) is 4.39 Å². The lowest BCUT2D eigenvalue weighted by molar-refractivity contribution is -0.0466. The number of unbranched alkanes of at least 4 members (excludes halogenated alkanes) is 1. The van der Waals surface area contributed by atoms with Crippen molar-refractivity contribution < 1.29 is 14.6 Å². The van der Waals surface area contributed by atoms with Gasteiger partial charge in [0.15, 0.2) is 6.29 Å². The van der Waals surface area contributed by atoms with Gasteiger partial charge in [0, 0.05) is 0 Å². The van der Waals surface area contributed by atoms with Gasteiger partial charge >= 0.3 is 0 Å². The van der Waals surface area contributed by atoms with Gasteiger partial charge in [-0.1, -0.05) is 0 Å². The van der Waals surface area contributed by atoms with Crippen LogP contribution in [0.3, 0.4) is 0 Å². The second-order valence-electron chi connectivity index (χ2n) is 1.67. The van der Waals surface area contributed by atoms with Crippen molar-refractivity contribution in [1.82, 2.24) is 0 Å². The van der Waals surface area contributed by atoms with E-state index in [2.05, 4.69) is 0 Å². The van der Waals surface area contributed by atoms with Crippen molar-refractivity contribution in [2.75, 3.05) is 6.67 Å². The first-order valence-corrected chi connectivity index (χ1v) is 2.69. The van der Waals surface area contributed by atoms with Crippen molar-refractivity contribution in [1.29, 1.82) is 0 Å². The van der Waals surface area contributed by atoms with Gasteiger partial charge in [0.05, 0.1) is 6.67 Å². The molecule has 0 spiro atoms. The van der Waals surface area contributed by atoms with Gasteiger partial charge in [0.1, 0.15) is 0 Å². The number of alkyl halides is 1. The number of aliphatic hydroxyl groups excluding tert-OH is 1. The Morgan fingerprint density at radius 1 is 1.25 bits per heavy atom. The number of halogens is 1. The van der Waals surface area contributed by atoms with Crippen molar-refractivity contribution in [3.63, 3.8) is 0 Å². The smallest absolute Gasteiger partial charge is 0.151 e. The SMILES string of the molecule is OC(O)CCCCF. The summed E-state index contributed by atoms with van der Waals surface area (Å²) in [4.78, 5) is 0. The number of rotatable bonds is 4. The van der Waals surface area contributed by atoms with Gasteiger partial charge in [-0.15, -0.1) is 0 Å². The van der Waals surface area contributed by atoms with Crippen LogP contribution in [-0.4, -0.2) is 23.2 Å². The predicted octanol–water partition coefficient (Wildman–Crippen LogP) is 0.437. The van der Waals surface area contributed by atoms with E-state index < -0.39 is 6.29 Å². The van der Waals surface area contributed by atoms with Gasteiger partial charge in [-0.05, 0) is 19.3 Å². The molecular weight excluding hydrogens is 111 g/mol. The third-order valence-corrected chi connectivity index (χ3v) is 0.846.